The van der Waals surface area contributed by atoms with Crippen molar-refractivity contribution in [3.8, 4) is 5.69 Å². The minimum Gasteiger partial charge on any atom is -0.309 e. The Bertz CT molecular complexity index is 998. The molecule has 5 rings (SSSR count). The number of imide groups is 1. The summed E-state index contributed by atoms with van der Waals surface area (Å²) in [6.07, 6.45) is 7.78. The van der Waals surface area contributed by atoms with Gasteiger partial charge in [0.15, 0.2) is 0 Å². The van der Waals surface area contributed by atoms with Gasteiger partial charge in [-0.3, -0.25) is 19.3 Å². The monoisotopic (exact) mass is 390 g/mol. The molecule has 2 unspecified atom stereocenters. The number of allylic oxidation sites excluding steroid dienone is 2. The van der Waals surface area contributed by atoms with Crippen LogP contribution in [0.15, 0.2) is 42.5 Å². The summed E-state index contributed by atoms with van der Waals surface area (Å²) in [6, 6.07) is 9.64. The number of fused-ring (bicyclic) bond motifs is 2. The van der Waals surface area contributed by atoms with E-state index in [-0.39, 0.29) is 36.1 Å². The lowest BCUT2D eigenvalue weighted by atomic mass is 9.85. The van der Waals surface area contributed by atoms with Crippen LogP contribution in [0.5, 0.6) is 0 Å². The Hall–Kier alpha value is -3.22. The number of hydrogen-bond donors (Lipinski definition) is 1. The molecular weight excluding hydrogens is 368 g/mol. The number of rotatable bonds is 4. The second-order valence-corrected chi connectivity index (χ2v) is 7.84. The Balaban J connectivity index is 1.38. The minimum absolute atomic E-state index is 0.235. The van der Waals surface area contributed by atoms with E-state index in [1.807, 2.05) is 42.5 Å². The van der Waals surface area contributed by atoms with Gasteiger partial charge >= 0.3 is 0 Å². The summed E-state index contributed by atoms with van der Waals surface area (Å²) in [4.78, 5) is 39.2. The highest BCUT2D eigenvalue weighted by Gasteiger charge is 2.47. The zero-order valence-corrected chi connectivity index (χ0v) is 16.0. The molecule has 7 nitrogen and oxygen atoms in total. The van der Waals surface area contributed by atoms with Gasteiger partial charge in [0, 0.05) is 5.56 Å². The van der Waals surface area contributed by atoms with Crippen molar-refractivity contribution < 1.29 is 14.4 Å². The molecule has 0 spiro atoms. The van der Waals surface area contributed by atoms with Gasteiger partial charge in [-0.05, 0) is 44.2 Å². The predicted molar refractivity (Wildman–Crippen MR) is 106 cm³/mol. The molecule has 2 aliphatic carbocycles. The van der Waals surface area contributed by atoms with Crippen LogP contribution in [0.1, 0.15) is 30.5 Å². The number of anilines is 1. The third-order valence-corrected chi connectivity index (χ3v) is 6.07. The van der Waals surface area contributed by atoms with E-state index in [1.54, 1.807) is 4.68 Å². The first-order valence-corrected chi connectivity index (χ1v) is 10.1. The van der Waals surface area contributed by atoms with Crippen LogP contribution in [0.25, 0.3) is 5.69 Å². The zero-order chi connectivity index (χ0) is 20.0. The Morgan fingerprint density at radius 2 is 1.72 bits per heavy atom. The van der Waals surface area contributed by atoms with E-state index < -0.39 is 0 Å². The largest absolute Gasteiger partial charge is 0.309 e. The highest BCUT2D eigenvalue weighted by atomic mass is 16.2. The Kier molecular flexibility index (Phi) is 4.30. The maximum absolute atomic E-state index is 12.8. The van der Waals surface area contributed by atoms with Crippen LogP contribution in [-0.4, -0.2) is 38.9 Å². The molecule has 2 aromatic rings. The normalized spacial score (nSPS) is 22.7. The Morgan fingerprint density at radius 3 is 2.41 bits per heavy atom. The van der Waals surface area contributed by atoms with Gasteiger partial charge in [0.05, 0.1) is 23.2 Å². The summed E-state index contributed by atoms with van der Waals surface area (Å²) in [5, 5.41) is 7.62. The van der Waals surface area contributed by atoms with Crippen molar-refractivity contribution in [3.05, 3.63) is 53.7 Å². The van der Waals surface area contributed by atoms with Crippen LogP contribution < -0.4 is 5.32 Å². The highest BCUT2D eigenvalue weighted by molar-refractivity contribution is 6.08. The van der Waals surface area contributed by atoms with E-state index in [0.717, 1.165) is 41.1 Å². The van der Waals surface area contributed by atoms with Crippen LogP contribution in [-0.2, 0) is 27.2 Å². The molecular formula is C22H22N4O3. The van der Waals surface area contributed by atoms with E-state index >= 15 is 0 Å². The molecule has 7 heteroatoms. The molecule has 1 fully saturated rings. The smallest absolute Gasteiger partial charge is 0.245 e. The van der Waals surface area contributed by atoms with Crippen molar-refractivity contribution in [3.63, 3.8) is 0 Å². The highest BCUT2D eigenvalue weighted by Crippen LogP contribution is 2.35. The van der Waals surface area contributed by atoms with Gasteiger partial charge in [-0.15, -0.1) is 0 Å². The van der Waals surface area contributed by atoms with Crippen LogP contribution in [0.4, 0.5) is 5.82 Å². The van der Waals surface area contributed by atoms with Gasteiger partial charge in [0.25, 0.3) is 0 Å². The number of nitrogens with one attached hydrogen (secondary N) is 1. The quantitative estimate of drug-likeness (QED) is 0.641. The first-order valence-electron chi connectivity index (χ1n) is 10.1. The fourth-order valence-corrected chi connectivity index (χ4v) is 4.62. The maximum Gasteiger partial charge on any atom is 0.245 e. The fourth-order valence-electron chi connectivity index (χ4n) is 4.62. The molecule has 1 aliphatic heterocycles. The second kappa shape index (κ2) is 6.99. The van der Waals surface area contributed by atoms with Crippen molar-refractivity contribution in [2.24, 2.45) is 11.8 Å². The summed E-state index contributed by atoms with van der Waals surface area (Å²) < 4.78 is 1.75. The molecule has 1 saturated heterocycles. The number of carbonyl (C=O) groups is 3. The predicted octanol–water partition coefficient (Wildman–Crippen LogP) is 2.25. The first kappa shape index (κ1) is 17.8. The third-order valence-electron chi connectivity index (χ3n) is 6.07. The van der Waals surface area contributed by atoms with Crippen molar-refractivity contribution >= 4 is 23.5 Å². The fraction of sp³-hybridized carbons (Fsp3) is 0.364. The number of hydrogen-bond acceptors (Lipinski definition) is 4. The molecule has 1 N–H and O–H groups in total. The number of carbonyl (C=O) groups excluding carboxylic acids is 3. The number of aromatic nitrogens is 2. The van der Waals surface area contributed by atoms with Gasteiger partial charge < -0.3 is 5.32 Å². The summed E-state index contributed by atoms with van der Waals surface area (Å²) in [6.45, 7) is -0.251. The molecule has 2 heterocycles. The number of para-hydroxylation sites is 1. The molecule has 0 radical (unpaired) electrons. The summed E-state index contributed by atoms with van der Waals surface area (Å²) in [7, 11) is 0. The van der Waals surface area contributed by atoms with Crippen LogP contribution in [0.2, 0.25) is 0 Å². The molecule has 148 valence electrons. The zero-order valence-electron chi connectivity index (χ0n) is 16.0. The third kappa shape index (κ3) is 2.97. The van der Waals surface area contributed by atoms with E-state index in [4.69, 9.17) is 0 Å². The lowest BCUT2D eigenvalue weighted by Gasteiger charge is -2.16. The van der Waals surface area contributed by atoms with E-state index in [9.17, 15) is 14.4 Å². The molecule has 1 aromatic carbocycles. The van der Waals surface area contributed by atoms with Crippen LogP contribution in [0, 0.1) is 11.8 Å². The lowest BCUT2D eigenvalue weighted by molar-refractivity contribution is -0.142. The molecule has 3 aliphatic rings. The Labute approximate surface area is 168 Å². The lowest BCUT2D eigenvalue weighted by Crippen LogP contribution is -2.38. The van der Waals surface area contributed by atoms with E-state index in [0.29, 0.717) is 18.7 Å². The van der Waals surface area contributed by atoms with Crippen molar-refractivity contribution in [2.45, 2.75) is 32.1 Å². The number of aryl methyl sites for hydroxylation is 1. The van der Waals surface area contributed by atoms with Crippen molar-refractivity contribution in [1.82, 2.24) is 14.7 Å². The summed E-state index contributed by atoms with van der Waals surface area (Å²) in [5.74, 6) is -0.835. The van der Waals surface area contributed by atoms with Gasteiger partial charge in [-0.2, -0.15) is 5.10 Å². The minimum atomic E-state index is -0.370. The average Bonchev–Trinajstić information content (AvgIpc) is 3.40. The number of likely N-dealkylation sites (tertiary alicyclic amines) is 1. The van der Waals surface area contributed by atoms with E-state index in [1.165, 1.54) is 0 Å². The second-order valence-electron chi connectivity index (χ2n) is 7.84. The van der Waals surface area contributed by atoms with Crippen LogP contribution in [0.3, 0.4) is 0 Å². The van der Waals surface area contributed by atoms with Crippen LogP contribution >= 0.6 is 0 Å². The van der Waals surface area contributed by atoms with E-state index in [2.05, 4.69) is 10.4 Å². The number of nitrogens with zero attached hydrogens (tertiary/aromatic N) is 3. The molecule has 1 aromatic heterocycles. The molecule has 0 bridgehead atoms. The van der Waals surface area contributed by atoms with Gasteiger partial charge in [0.1, 0.15) is 12.4 Å². The molecule has 2 atom stereocenters. The first-order chi connectivity index (χ1) is 14.1. The topological polar surface area (TPSA) is 84.3 Å². The number of benzene rings is 1. The standard InChI is InChI=1S/C22H22N4O3/c27-19(13-25-21(28)15-9-4-5-10-16(15)22(25)29)23-20-17-11-6-12-18(17)24-26(20)14-7-2-1-3-8-14/h1-5,7-8,15-16H,6,9-13H2,(H,23,27). The Morgan fingerprint density at radius 1 is 1.03 bits per heavy atom. The van der Waals surface area contributed by atoms with Crippen molar-refractivity contribution in [1.29, 1.82) is 0 Å². The molecule has 3 amide bonds. The SMILES string of the molecule is O=C(CN1C(=O)C2CC=CCC2C1=O)Nc1c2c(nn1-c1ccccc1)CCC2. The maximum atomic E-state index is 12.8. The summed E-state index contributed by atoms with van der Waals surface area (Å²) in [5.41, 5.74) is 2.90. The number of amides is 3. The molecule has 29 heavy (non-hydrogen) atoms. The summed E-state index contributed by atoms with van der Waals surface area (Å²) >= 11 is 0. The van der Waals surface area contributed by atoms with Gasteiger partial charge in [0.2, 0.25) is 17.7 Å². The van der Waals surface area contributed by atoms with Gasteiger partial charge in [-0.1, -0.05) is 30.4 Å². The van der Waals surface area contributed by atoms with Gasteiger partial charge in [-0.25, -0.2) is 4.68 Å². The van der Waals surface area contributed by atoms with Crippen molar-refractivity contribution in [2.75, 3.05) is 11.9 Å². The average molecular weight is 390 g/mol. The molecule has 0 saturated carbocycles.